The van der Waals surface area contributed by atoms with E-state index < -0.39 is 6.04 Å². The molecule has 22 heavy (non-hydrogen) atoms. The number of benzene rings is 1. The standard InChI is InChI=1S/C15H19ClN2O4/c1-21-12-8-9(7-10(16)13(12)22-2)14(19)18-11-5-3-4-6-17-15(11)20/h7-8,11H,3-6H2,1-2H3,(H,17,20)(H,18,19)/t11-/m1/s1. The highest BCUT2D eigenvalue weighted by Gasteiger charge is 2.24. The molecule has 0 aromatic heterocycles. The van der Waals surface area contributed by atoms with Gasteiger partial charge in [0.15, 0.2) is 11.5 Å². The van der Waals surface area contributed by atoms with Crippen LogP contribution in [0.25, 0.3) is 0 Å². The zero-order chi connectivity index (χ0) is 16.1. The van der Waals surface area contributed by atoms with Gasteiger partial charge in [0.1, 0.15) is 6.04 Å². The molecule has 1 aliphatic heterocycles. The highest BCUT2D eigenvalue weighted by atomic mass is 35.5. The van der Waals surface area contributed by atoms with Crippen LogP contribution < -0.4 is 20.1 Å². The van der Waals surface area contributed by atoms with Gasteiger partial charge in [-0.25, -0.2) is 0 Å². The van der Waals surface area contributed by atoms with Crippen LogP contribution >= 0.6 is 11.6 Å². The largest absolute Gasteiger partial charge is 0.493 e. The van der Waals surface area contributed by atoms with Gasteiger partial charge in [-0.1, -0.05) is 11.6 Å². The Kier molecular flexibility index (Phi) is 5.49. The van der Waals surface area contributed by atoms with E-state index in [1.165, 1.54) is 26.4 Å². The summed E-state index contributed by atoms with van der Waals surface area (Å²) in [7, 11) is 2.94. The molecule has 2 rings (SSSR count). The first-order valence-corrected chi connectivity index (χ1v) is 7.44. The maximum Gasteiger partial charge on any atom is 0.252 e. The van der Waals surface area contributed by atoms with Crippen LogP contribution in [0.1, 0.15) is 29.6 Å². The topological polar surface area (TPSA) is 76.7 Å². The molecule has 0 unspecified atom stereocenters. The van der Waals surface area contributed by atoms with Crippen molar-refractivity contribution >= 4 is 23.4 Å². The number of hydrogen-bond donors (Lipinski definition) is 2. The second-order valence-electron chi connectivity index (χ2n) is 5.01. The van der Waals surface area contributed by atoms with Crippen molar-refractivity contribution in [2.45, 2.75) is 25.3 Å². The summed E-state index contributed by atoms with van der Waals surface area (Å²) in [4.78, 5) is 24.2. The third kappa shape index (κ3) is 3.62. The number of nitrogens with one attached hydrogen (secondary N) is 2. The Morgan fingerprint density at radius 3 is 2.77 bits per heavy atom. The number of ether oxygens (including phenoxy) is 2. The average Bonchev–Trinajstić information content (AvgIpc) is 2.71. The highest BCUT2D eigenvalue weighted by molar-refractivity contribution is 6.32. The summed E-state index contributed by atoms with van der Waals surface area (Å²) in [5.74, 6) is 0.209. The summed E-state index contributed by atoms with van der Waals surface area (Å²) in [6.45, 7) is 0.646. The molecule has 120 valence electrons. The molecule has 1 saturated heterocycles. The number of carbonyl (C=O) groups is 2. The Labute approximate surface area is 134 Å². The molecular weight excluding hydrogens is 308 g/mol. The molecule has 2 amide bonds. The fourth-order valence-electron chi connectivity index (χ4n) is 2.37. The number of halogens is 1. The summed E-state index contributed by atoms with van der Waals surface area (Å²) in [6.07, 6.45) is 2.43. The Bertz CT molecular complexity index is 577. The van der Waals surface area contributed by atoms with E-state index in [-0.39, 0.29) is 16.8 Å². The average molecular weight is 327 g/mol. The van der Waals surface area contributed by atoms with Crippen molar-refractivity contribution in [3.8, 4) is 11.5 Å². The molecule has 0 saturated carbocycles. The van der Waals surface area contributed by atoms with Crippen LogP contribution in [-0.2, 0) is 4.79 Å². The molecule has 0 bridgehead atoms. The molecule has 1 aromatic carbocycles. The van der Waals surface area contributed by atoms with Crippen LogP contribution in [0, 0.1) is 0 Å². The second-order valence-corrected chi connectivity index (χ2v) is 5.41. The van der Waals surface area contributed by atoms with Crippen LogP contribution in [0.5, 0.6) is 11.5 Å². The molecule has 2 N–H and O–H groups in total. The Morgan fingerprint density at radius 2 is 2.09 bits per heavy atom. The summed E-state index contributed by atoms with van der Waals surface area (Å²) in [5, 5.41) is 5.79. The predicted molar refractivity (Wildman–Crippen MR) is 82.7 cm³/mol. The predicted octanol–water partition coefficient (Wildman–Crippen LogP) is 1.76. The van der Waals surface area contributed by atoms with Gasteiger partial charge in [-0.05, 0) is 31.4 Å². The normalized spacial score (nSPS) is 18.1. The zero-order valence-corrected chi connectivity index (χ0v) is 13.3. The number of amides is 2. The molecule has 6 nitrogen and oxygen atoms in total. The first-order chi connectivity index (χ1) is 10.6. The Balaban J connectivity index is 2.18. The molecule has 1 atom stereocenters. The fraction of sp³-hybridized carbons (Fsp3) is 0.467. The first-order valence-electron chi connectivity index (χ1n) is 7.07. The van der Waals surface area contributed by atoms with E-state index >= 15 is 0 Å². The van der Waals surface area contributed by atoms with Gasteiger partial charge in [0.05, 0.1) is 19.2 Å². The minimum atomic E-state index is -0.526. The van der Waals surface area contributed by atoms with E-state index in [4.69, 9.17) is 21.1 Å². The molecule has 1 aromatic rings. The lowest BCUT2D eigenvalue weighted by atomic mass is 10.1. The zero-order valence-electron chi connectivity index (χ0n) is 12.6. The van der Waals surface area contributed by atoms with E-state index in [2.05, 4.69) is 10.6 Å². The van der Waals surface area contributed by atoms with Crippen LogP contribution in [0.2, 0.25) is 5.02 Å². The molecule has 1 fully saturated rings. The van der Waals surface area contributed by atoms with Crippen molar-refractivity contribution in [2.75, 3.05) is 20.8 Å². The highest BCUT2D eigenvalue weighted by Crippen LogP contribution is 2.36. The Morgan fingerprint density at radius 1 is 1.32 bits per heavy atom. The quantitative estimate of drug-likeness (QED) is 0.884. The fourth-order valence-corrected chi connectivity index (χ4v) is 2.66. The van der Waals surface area contributed by atoms with Crippen LogP contribution in [0.3, 0.4) is 0 Å². The number of hydrogen-bond acceptors (Lipinski definition) is 4. The SMILES string of the molecule is COc1cc(C(=O)N[C@@H]2CCCCNC2=O)cc(Cl)c1OC. The maximum atomic E-state index is 12.3. The molecule has 7 heteroatoms. The van der Waals surface area contributed by atoms with Gasteiger partial charge in [-0.2, -0.15) is 0 Å². The number of methoxy groups -OCH3 is 2. The summed E-state index contributed by atoms with van der Waals surface area (Å²) in [5.41, 5.74) is 0.319. The molecular formula is C15H19ClN2O4. The maximum absolute atomic E-state index is 12.3. The van der Waals surface area contributed by atoms with Crippen molar-refractivity contribution in [1.29, 1.82) is 0 Å². The van der Waals surface area contributed by atoms with Gasteiger partial charge in [0, 0.05) is 12.1 Å². The third-order valence-electron chi connectivity index (χ3n) is 3.54. The van der Waals surface area contributed by atoms with Crippen molar-refractivity contribution in [3.63, 3.8) is 0 Å². The van der Waals surface area contributed by atoms with Crippen molar-refractivity contribution < 1.29 is 19.1 Å². The lowest BCUT2D eigenvalue weighted by Gasteiger charge is -2.16. The third-order valence-corrected chi connectivity index (χ3v) is 3.82. The molecule has 0 spiro atoms. The van der Waals surface area contributed by atoms with Crippen molar-refractivity contribution in [3.05, 3.63) is 22.7 Å². The smallest absolute Gasteiger partial charge is 0.252 e. The Hall–Kier alpha value is -1.95. The van der Waals surface area contributed by atoms with Crippen LogP contribution in [-0.4, -0.2) is 38.6 Å². The van der Waals surface area contributed by atoms with Crippen molar-refractivity contribution in [1.82, 2.24) is 10.6 Å². The summed E-state index contributed by atoms with van der Waals surface area (Å²) >= 11 is 6.09. The van der Waals surface area contributed by atoms with Gasteiger partial charge >= 0.3 is 0 Å². The van der Waals surface area contributed by atoms with E-state index in [1.54, 1.807) is 0 Å². The molecule has 0 radical (unpaired) electrons. The van der Waals surface area contributed by atoms with Gasteiger partial charge < -0.3 is 20.1 Å². The molecule has 1 heterocycles. The van der Waals surface area contributed by atoms with Crippen molar-refractivity contribution in [2.24, 2.45) is 0 Å². The van der Waals surface area contributed by atoms with Crippen LogP contribution in [0.15, 0.2) is 12.1 Å². The van der Waals surface area contributed by atoms with Gasteiger partial charge in [-0.15, -0.1) is 0 Å². The molecule has 0 aliphatic carbocycles. The summed E-state index contributed by atoms with van der Waals surface area (Å²) in [6, 6.07) is 2.50. The van der Waals surface area contributed by atoms with E-state index in [0.29, 0.717) is 30.0 Å². The molecule has 1 aliphatic rings. The monoisotopic (exact) mass is 326 g/mol. The van der Waals surface area contributed by atoms with Crippen LogP contribution in [0.4, 0.5) is 0 Å². The van der Waals surface area contributed by atoms with Gasteiger partial charge in [0.2, 0.25) is 5.91 Å². The van der Waals surface area contributed by atoms with E-state index in [9.17, 15) is 9.59 Å². The number of rotatable bonds is 4. The van der Waals surface area contributed by atoms with E-state index in [0.717, 1.165) is 12.8 Å². The first kappa shape index (κ1) is 16.4. The minimum absolute atomic E-state index is 0.155. The lowest BCUT2D eigenvalue weighted by molar-refractivity contribution is -0.122. The van der Waals surface area contributed by atoms with Gasteiger partial charge in [-0.3, -0.25) is 9.59 Å². The number of carbonyl (C=O) groups excluding carboxylic acids is 2. The van der Waals surface area contributed by atoms with Gasteiger partial charge in [0.25, 0.3) is 5.91 Å². The lowest BCUT2D eigenvalue weighted by Crippen LogP contribution is -2.45. The van der Waals surface area contributed by atoms with E-state index in [1.807, 2.05) is 0 Å². The summed E-state index contributed by atoms with van der Waals surface area (Å²) < 4.78 is 10.3. The second kappa shape index (κ2) is 7.35. The minimum Gasteiger partial charge on any atom is -0.493 e.